The van der Waals surface area contributed by atoms with E-state index in [0.717, 1.165) is 23.6 Å². The van der Waals surface area contributed by atoms with Crippen LogP contribution in [0, 0.1) is 0 Å². The van der Waals surface area contributed by atoms with Gasteiger partial charge in [-0.25, -0.2) is 4.99 Å². The van der Waals surface area contributed by atoms with Crippen molar-refractivity contribution in [2.45, 2.75) is 32.4 Å². The molecular formula is C16H22N2O2S. The van der Waals surface area contributed by atoms with Crippen LogP contribution in [0.15, 0.2) is 29.3 Å². The minimum atomic E-state index is 0.0472. The molecule has 0 bridgehead atoms. The number of hydrogen-bond donors (Lipinski definition) is 1. The summed E-state index contributed by atoms with van der Waals surface area (Å²) >= 11 is 1.59. The van der Waals surface area contributed by atoms with Gasteiger partial charge in [-0.3, -0.25) is 4.79 Å². The van der Waals surface area contributed by atoms with Crippen LogP contribution in [0.1, 0.15) is 25.0 Å². The third-order valence-electron chi connectivity index (χ3n) is 3.53. The van der Waals surface area contributed by atoms with E-state index in [4.69, 9.17) is 4.74 Å². The van der Waals surface area contributed by atoms with Crippen LogP contribution in [0.3, 0.4) is 0 Å². The van der Waals surface area contributed by atoms with Gasteiger partial charge in [0.15, 0.2) is 0 Å². The first kappa shape index (κ1) is 15.9. The third kappa shape index (κ3) is 4.24. The van der Waals surface area contributed by atoms with Crippen molar-refractivity contribution in [1.82, 2.24) is 5.32 Å². The second-order valence-corrected chi connectivity index (χ2v) is 6.09. The van der Waals surface area contributed by atoms with Crippen molar-refractivity contribution in [1.29, 1.82) is 0 Å². The van der Waals surface area contributed by atoms with Crippen molar-refractivity contribution in [2.75, 3.05) is 18.6 Å². The molecule has 4 nitrogen and oxygen atoms in total. The lowest BCUT2D eigenvalue weighted by atomic mass is 10.1. The number of rotatable bonds is 6. The van der Waals surface area contributed by atoms with E-state index in [-0.39, 0.29) is 18.1 Å². The standard InChI is InChI=1S/C16H22N2O2S/c1-4-12-5-7-13(8-6-12)16-18-14(11(2)20-16)9-21-10-15(19)17-3/h5-8,11,14H,4,9-10H2,1-3H3,(H,17,19). The number of carbonyl (C=O) groups excluding carboxylic acids is 1. The van der Waals surface area contributed by atoms with E-state index in [9.17, 15) is 4.79 Å². The van der Waals surface area contributed by atoms with E-state index < -0.39 is 0 Å². The maximum Gasteiger partial charge on any atom is 0.229 e. The molecule has 0 saturated carbocycles. The van der Waals surface area contributed by atoms with E-state index in [1.54, 1.807) is 18.8 Å². The lowest BCUT2D eigenvalue weighted by Crippen LogP contribution is -2.24. The Balaban J connectivity index is 1.95. The van der Waals surface area contributed by atoms with Gasteiger partial charge in [0.25, 0.3) is 0 Å². The highest BCUT2D eigenvalue weighted by Crippen LogP contribution is 2.21. The highest BCUT2D eigenvalue weighted by atomic mass is 32.2. The maximum absolute atomic E-state index is 11.2. The number of nitrogens with zero attached hydrogens (tertiary/aromatic N) is 1. The van der Waals surface area contributed by atoms with Crippen LogP contribution >= 0.6 is 11.8 Å². The van der Waals surface area contributed by atoms with E-state index in [1.165, 1.54) is 5.56 Å². The zero-order valence-electron chi connectivity index (χ0n) is 12.8. The minimum absolute atomic E-state index is 0.0472. The minimum Gasteiger partial charge on any atom is -0.472 e. The fraction of sp³-hybridized carbons (Fsp3) is 0.500. The molecule has 0 spiro atoms. The number of amides is 1. The van der Waals surface area contributed by atoms with Crippen LogP contribution in [0.5, 0.6) is 0 Å². The number of thioether (sulfide) groups is 1. The molecule has 1 aliphatic rings. The summed E-state index contributed by atoms with van der Waals surface area (Å²) in [5, 5.41) is 2.62. The molecule has 1 aromatic rings. The zero-order chi connectivity index (χ0) is 15.2. The van der Waals surface area contributed by atoms with Gasteiger partial charge in [-0.05, 0) is 31.0 Å². The summed E-state index contributed by atoms with van der Waals surface area (Å²) in [7, 11) is 1.65. The summed E-state index contributed by atoms with van der Waals surface area (Å²) in [6, 6.07) is 8.45. The molecule has 0 fully saturated rings. The summed E-state index contributed by atoms with van der Waals surface area (Å²) < 4.78 is 5.85. The molecule has 2 unspecified atom stereocenters. The fourth-order valence-electron chi connectivity index (χ4n) is 2.08. The van der Waals surface area contributed by atoms with Crippen molar-refractivity contribution in [3.63, 3.8) is 0 Å². The van der Waals surface area contributed by atoms with E-state index >= 15 is 0 Å². The molecule has 0 saturated heterocycles. The smallest absolute Gasteiger partial charge is 0.229 e. The molecule has 0 radical (unpaired) electrons. The number of benzene rings is 1. The van der Waals surface area contributed by atoms with Gasteiger partial charge in [-0.15, -0.1) is 11.8 Å². The maximum atomic E-state index is 11.2. The monoisotopic (exact) mass is 306 g/mol. The normalized spacial score (nSPS) is 20.8. The molecule has 5 heteroatoms. The van der Waals surface area contributed by atoms with E-state index in [2.05, 4.69) is 41.5 Å². The van der Waals surface area contributed by atoms with E-state index in [1.807, 2.05) is 6.92 Å². The highest BCUT2D eigenvalue weighted by molar-refractivity contribution is 8.00. The molecule has 21 heavy (non-hydrogen) atoms. The van der Waals surface area contributed by atoms with Crippen LogP contribution in [-0.4, -0.2) is 42.5 Å². The van der Waals surface area contributed by atoms with Crippen molar-refractivity contribution < 1.29 is 9.53 Å². The van der Waals surface area contributed by atoms with Gasteiger partial charge in [0.05, 0.1) is 11.8 Å². The predicted molar refractivity (Wildman–Crippen MR) is 88.1 cm³/mol. The number of ether oxygens (including phenoxy) is 1. The molecule has 1 aromatic carbocycles. The Bertz CT molecular complexity index is 514. The van der Waals surface area contributed by atoms with Gasteiger partial charge < -0.3 is 10.1 Å². The highest BCUT2D eigenvalue weighted by Gasteiger charge is 2.27. The Hall–Kier alpha value is -1.49. The Morgan fingerprint density at radius 2 is 2.10 bits per heavy atom. The molecule has 1 N–H and O–H groups in total. The summed E-state index contributed by atoms with van der Waals surface area (Å²) in [6.07, 6.45) is 1.09. The van der Waals surface area contributed by atoms with Gasteiger partial charge in [0.1, 0.15) is 6.10 Å². The topological polar surface area (TPSA) is 50.7 Å². The fourth-order valence-corrected chi connectivity index (χ4v) is 3.12. The predicted octanol–water partition coefficient (Wildman–Crippen LogP) is 2.26. The molecular weight excluding hydrogens is 284 g/mol. The lowest BCUT2D eigenvalue weighted by molar-refractivity contribution is -0.118. The van der Waals surface area contributed by atoms with Crippen LogP contribution in [0.25, 0.3) is 0 Å². The number of aliphatic imine (C=N–C) groups is 1. The van der Waals surface area contributed by atoms with Gasteiger partial charge in [0, 0.05) is 18.4 Å². The molecule has 114 valence electrons. The molecule has 1 amide bonds. The average Bonchev–Trinajstić information content (AvgIpc) is 2.88. The van der Waals surface area contributed by atoms with Crippen molar-refractivity contribution in [3.8, 4) is 0 Å². The molecule has 2 atom stereocenters. The summed E-state index contributed by atoms with van der Waals surface area (Å²) in [6.45, 7) is 4.17. The Labute approximate surface area is 130 Å². The van der Waals surface area contributed by atoms with Gasteiger partial charge >= 0.3 is 0 Å². The van der Waals surface area contributed by atoms with Crippen LogP contribution in [0.2, 0.25) is 0 Å². The number of carbonyl (C=O) groups is 1. The van der Waals surface area contributed by atoms with Crippen molar-refractivity contribution in [3.05, 3.63) is 35.4 Å². The SMILES string of the molecule is CCc1ccc(C2=NC(CSCC(=O)NC)C(C)O2)cc1. The zero-order valence-corrected chi connectivity index (χ0v) is 13.6. The molecule has 0 aliphatic carbocycles. The quantitative estimate of drug-likeness (QED) is 0.877. The van der Waals surface area contributed by atoms with Crippen LogP contribution in [0.4, 0.5) is 0 Å². The summed E-state index contributed by atoms with van der Waals surface area (Å²) in [5.74, 6) is 2.03. The van der Waals surface area contributed by atoms with Crippen LogP contribution < -0.4 is 5.32 Å². The number of nitrogens with one attached hydrogen (secondary N) is 1. The van der Waals surface area contributed by atoms with Crippen LogP contribution in [-0.2, 0) is 16.0 Å². The van der Waals surface area contributed by atoms with Crippen molar-refractivity contribution in [2.24, 2.45) is 4.99 Å². The first-order chi connectivity index (χ1) is 10.1. The van der Waals surface area contributed by atoms with Gasteiger partial charge in [0.2, 0.25) is 11.8 Å². The second-order valence-electron chi connectivity index (χ2n) is 5.06. The summed E-state index contributed by atoms with van der Waals surface area (Å²) in [5.41, 5.74) is 2.33. The van der Waals surface area contributed by atoms with Gasteiger partial charge in [-0.1, -0.05) is 19.1 Å². The number of hydrogen-bond acceptors (Lipinski definition) is 4. The summed E-state index contributed by atoms with van der Waals surface area (Å²) in [4.78, 5) is 15.9. The Morgan fingerprint density at radius 3 is 2.71 bits per heavy atom. The first-order valence-corrected chi connectivity index (χ1v) is 8.41. The molecule has 1 heterocycles. The third-order valence-corrected chi connectivity index (χ3v) is 4.58. The van der Waals surface area contributed by atoms with Crippen molar-refractivity contribution >= 4 is 23.6 Å². The molecule has 1 aliphatic heterocycles. The van der Waals surface area contributed by atoms with E-state index in [0.29, 0.717) is 5.75 Å². The largest absolute Gasteiger partial charge is 0.472 e. The number of aryl methyl sites for hydroxylation is 1. The first-order valence-electron chi connectivity index (χ1n) is 7.26. The Kier molecular flexibility index (Phi) is 5.67. The lowest BCUT2D eigenvalue weighted by Gasteiger charge is -2.12. The molecule has 0 aromatic heterocycles. The average molecular weight is 306 g/mol. The second kappa shape index (κ2) is 7.50. The Morgan fingerprint density at radius 1 is 1.38 bits per heavy atom. The molecule has 2 rings (SSSR count). The van der Waals surface area contributed by atoms with Gasteiger partial charge in [-0.2, -0.15) is 0 Å².